The van der Waals surface area contributed by atoms with Crippen LogP contribution in [-0.2, 0) is 0 Å². The molecule has 96 valence electrons. The molecule has 1 heterocycles. The van der Waals surface area contributed by atoms with Crippen LogP contribution >= 0.6 is 11.3 Å². The molecule has 0 aliphatic carbocycles. The first-order chi connectivity index (χ1) is 8.61. The molecule has 0 saturated heterocycles. The van der Waals surface area contributed by atoms with Gasteiger partial charge in [0.2, 0.25) is 5.88 Å². The fourth-order valence-electron chi connectivity index (χ4n) is 1.62. The maximum Gasteiger partial charge on any atom is 0.227 e. The van der Waals surface area contributed by atoms with Gasteiger partial charge in [-0.25, -0.2) is 0 Å². The van der Waals surface area contributed by atoms with Crippen molar-refractivity contribution >= 4 is 22.2 Å². The number of nitrogens with one attached hydrogen (secondary N) is 1. The number of benzene rings is 1. The zero-order chi connectivity index (χ0) is 13.1. The minimum absolute atomic E-state index is 0.104. The molecule has 2 aromatic rings. The molecule has 0 bridgehead atoms. The number of rotatable bonds is 4. The quantitative estimate of drug-likeness (QED) is 0.883. The Kier molecular flexibility index (Phi) is 3.72. The Morgan fingerprint density at radius 2 is 2.06 bits per heavy atom. The van der Waals surface area contributed by atoms with Crippen LogP contribution in [0.3, 0.4) is 0 Å². The summed E-state index contributed by atoms with van der Waals surface area (Å²) in [5.41, 5.74) is 0.837. The molecule has 2 rings (SSSR count). The van der Waals surface area contributed by atoms with E-state index >= 15 is 0 Å². The van der Waals surface area contributed by atoms with Crippen LogP contribution in [0, 0.1) is 0 Å². The van der Waals surface area contributed by atoms with E-state index in [9.17, 15) is 5.11 Å². The summed E-state index contributed by atoms with van der Waals surface area (Å²) in [5, 5.41) is 13.6. The van der Waals surface area contributed by atoms with Crippen molar-refractivity contribution in [1.82, 2.24) is 4.98 Å². The standard InChI is InChI=1S/C13H16N2O2S/c1-8(2)11-12(16)15-13(18-11)14-9-6-4-5-7-10(9)17-3/h4-8,16H,1-3H3,(H,14,15). The van der Waals surface area contributed by atoms with Gasteiger partial charge in [-0.15, -0.1) is 0 Å². The molecule has 1 aromatic heterocycles. The molecule has 0 aliphatic rings. The molecule has 0 atom stereocenters. The Morgan fingerprint density at radius 1 is 1.33 bits per heavy atom. The second-order valence-electron chi connectivity index (χ2n) is 4.19. The highest BCUT2D eigenvalue weighted by Gasteiger charge is 2.14. The Bertz CT molecular complexity index is 538. The summed E-state index contributed by atoms with van der Waals surface area (Å²) in [4.78, 5) is 4.99. The molecule has 0 spiro atoms. The maximum absolute atomic E-state index is 9.73. The highest BCUT2D eigenvalue weighted by atomic mass is 32.1. The van der Waals surface area contributed by atoms with Crippen molar-refractivity contribution in [2.24, 2.45) is 0 Å². The van der Waals surface area contributed by atoms with Crippen molar-refractivity contribution in [1.29, 1.82) is 0 Å². The van der Waals surface area contributed by atoms with Crippen LogP contribution in [-0.4, -0.2) is 17.2 Å². The normalized spacial score (nSPS) is 10.7. The first kappa shape index (κ1) is 12.7. The van der Waals surface area contributed by atoms with Crippen molar-refractivity contribution < 1.29 is 9.84 Å². The summed E-state index contributed by atoms with van der Waals surface area (Å²) < 4.78 is 5.25. The van der Waals surface area contributed by atoms with Crippen molar-refractivity contribution in [3.63, 3.8) is 0 Å². The molecule has 0 fully saturated rings. The summed E-state index contributed by atoms with van der Waals surface area (Å²) in [7, 11) is 1.62. The molecule has 0 unspecified atom stereocenters. The Morgan fingerprint density at radius 3 is 2.67 bits per heavy atom. The number of nitrogens with zero attached hydrogens (tertiary/aromatic N) is 1. The number of aromatic nitrogens is 1. The number of ether oxygens (including phenoxy) is 1. The number of thiazole rings is 1. The Labute approximate surface area is 110 Å². The average molecular weight is 264 g/mol. The number of methoxy groups -OCH3 is 1. The predicted molar refractivity (Wildman–Crippen MR) is 74.1 cm³/mol. The van der Waals surface area contributed by atoms with Crippen LogP contribution in [0.15, 0.2) is 24.3 Å². The average Bonchev–Trinajstić information content (AvgIpc) is 2.71. The molecule has 0 aliphatic heterocycles. The van der Waals surface area contributed by atoms with Gasteiger partial charge in [-0.2, -0.15) is 4.98 Å². The van der Waals surface area contributed by atoms with Crippen molar-refractivity contribution in [2.75, 3.05) is 12.4 Å². The first-order valence-electron chi connectivity index (χ1n) is 5.71. The van der Waals surface area contributed by atoms with Gasteiger partial charge in [0.1, 0.15) is 5.75 Å². The molecule has 5 heteroatoms. The third kappa shape index (κ3) is 2.56. The minimum atomic E-state index is 0.104. The summed E-state index contributed by atoms with van der Waals surface area (Å²) in [5.74, 6) is 1.11. The Hall–Kier alpha value is -1.75. The van der Waals surface area contributed by atoms with E-state index in [0.29, 0.717) is 5.13 Å². The monoisotopic (exact) mass is 264 g/mol. The van der Waals surface area contributed by atoms with E-state index in [-0.39, 0.29) is 11.8 Å². The molecule has 18 heavy (non-hydrogen) atoms. The van der Waals surface area contributed by atoms with E-state index in [0.717, 1.165) is 16.3 Å². The zero-order valence-electron chi connectivity index (χ0n) is 10.6. The fourth-order valence-corrected chi connectivity index (χ4v) is 2.49. The lowest BCUT2D eigenvalue weighted by Gasteiger charge is -2.07. The summed E-state index contributed by atoms with van der Waals surface area (Å²) in [6.07, 6.45) is 0. The first-order valence-corrected chi connectivity index (χ1v) is 6.53. The van der Waals surface area contributed by atoms with Crippen molar-refractivity contribution in [2.45, 2.75) is 19.8 Å². The minimum Gasteiger partial charge on any atom is -0.495 e. The van der Waals surface area contributed by atoms with Crippen LogP contribution in [0.5, 0.6) is 11.6 Å². The number of hydrogen-bond acceptors (Lipinski definition) is 5. The summed E-state index contributed by atoms with van der Waals surface area (Å²) in [6.45, 7) is 4.06. The van der Waals surface area contributed by atoms with Crippen LogP contribution in [0.1, 0.15) is 24.6 Å². The van der Waals surface area contributed by atoms with Gasteiger partial charge in [0.15, 0.2) is 5.13 Å². The SMILES string of the molecule is COc1ccccc1Nc1nc(O)c(C(C)C)s1. The van der Waals surface area contributed by atoms with E-state index < -0.39 is 0 Å². The van der Waals surface area contributed by atoms with Gasteiger partial charge in [-0.1, -0.05) is 37.3 Å². The van der Waals surface area contributed by atoms with E-state index in [1.807, 2.05) is 38.1 Å². The maximum atomic E-state index is 9.73. The zero-order valence-corrected chi connectivity index (χ0v) is 11.4. The molecule has 0 amide bonds. The highest BCUT2D eigenvalue weighted by Crippen LogP contribution is 2.36. The summed E-state index contributed by atoms with van der Waals surface area (Å²) >= 11 is 1.45. The van der Waals surface area contributed by atoms with Crippen molar-refractivity contribution in [3.05, 3.63) is 29.1 Å². The Balaban J connectivity index is 2.26. The van der Waals surface area contributed by atoms with Crippen LogP contribution in [0.4, 0.5) is 10.8 Å². The smallest absolute Gasteiger partial charge is 0.227 e. The van der Waals surface area contributed by atoms with Gasteiger partial charge in [0.05, 0.1) is 17.7 Å². The lowest BCUT2D eigenvalue weighted by atomic mass is 10.2. The lowest BCUT2D eigenvalue weighted by Crippen LogP contribution is -1.93. The largest absolute Gasteiger partial charge is 0.495 e. The van der Waals surface area contributed by atoms with E-state index in [1.54, 1.807) is 7.11 Å². The van der Waals surface area contributed by atoms with Gasteiger partial charge < -0.3 is 15.2 Å². The molecule has 2 N–H and O–H groups in total. The molecular weight excluding hydrogens is 248 g/mol. The van der Waals surface area contributed by atoms with E-state index in [4.69, 9.17) is 4.74 Å². The molecule has 1 aromatic carbocycles. The third-order valence-electron chi connectivity index (χ3n) is 2.51. The third-order valence-corrected chi connectivity index (χ3v) is 3.77. The van der Waals surface area contributed by atoms with Crippen molar-refractivity contribution in [3.8, 4) is 11.6 Å². The summed E-state index contributed by atoms with van der Waals surface area (Å²) in [6, 6.07) is 7.61. The predicted octanol–water partition coefficient (Wildman–Crippen LogP) is 3.72. The molecular formula is C13H16N2O2S. The van der Waals surface area contributed by atoms with Gasteiger partial charge in [-0.05, 0) is 18.1 Å². The fraction of sp³-hybridized carbons (Fsp3) is 0.308. The number of aromatic hydroxyl groups is 1. The molecule has 0 radical (unpaired) electrons. The second kappa shape index (κ2) is 5.27. The van der Waals surface area contributed by atoms with Crippen LogP contribution in [0.25, 0.3) is 0 Å². The molecule has 4 nitrogen and oxygen atoms in total. The van der Waals surface area contributed by atoms with Crippen LogP contribution in [0.2, 0.25) is 0 Å². The lowest BCUT2D eigenvalue weighted by molar-refractivity contribution is 0.417. The topological polar surface area (TPSA) is 54.4 Å². The van der Waals surface area contributed by atoms with Gasteiger partial charge in [0, 0.05) is 0 Å². The van der Waals surface area contributed by atoms with Gasteiger partial charge in [0.25, 0.3) is 0 Å². The van der Waals surface area contributed by atoms with Gasteiger partial charge >= 0.3 is 0 Å². The van der Waals surface area contributed by atoms with E-state index in [1.165, 1.54) is 11.3 Å². The number of hydrogen-bond donors (Lipinski definition) is 2. The van der Waals surface area contributed by atoms with Gasteiger partial charge in [-0.3, -0.25) is 0 Å². The second-order valence-corrected chi connectivity index (χ2v) is 5.22. The number of para-hydroxylation sites is 2. The highest BCUT2D eigenvalue weighted by molar-refractivity contribution is 7.16. The molecule has 0 saturated carbocycles. The number of anilines is 2. The van der Waals surface area contributed by atoms with Crippen LogP contribution < -0.4 is 10.1 Å². The van der Waals surface area contributed by atoms with E-state index in [2.05, 4.69) is 10.3 Å².